The van der Waals surface area contributed by atoms with Gasteiger partial charge in [-0.15, -0.1) is 0 Å². The number of hydrogen-bond acceptors (Lipinski definition) is 2. The van der Waals surface area contributed by atoms with Crippen molar-refractivity contribution in [3.05, 3.63) is 0 Å². The van der Waals surface area contributed by atoms with Crippen LogP contribution in [0, 0.1) is 5.92 Å². The molecule has 2 fully saturated rings. The van der Waals surface area contributed by atoms with E-state index in [0.29, 0.717) is 4.75 Å². The van der Waals surface area contributed by atoms with E-state index in [1.165, 1.54) is 31.4 Å². The molecule has 1 saturated heterocycles. The average Bonchev–Trinajstić information content (AvgIpc) is 2.13. The van der Waals surface area contributed by atoms with Gasteiger partial charge in [0.2, 0.25) is 0 Å². The number of nitrogens with one attached hydrogen (secondary N) is 1. The zero-order valence-corrected chi connectivity index (χ0v) is 10.5. The van der Waals surface area contributed by atoms with Gasteiger partial charge in [-0.1, -0.05) is 19.8 Å². The molecule has 3 unspecified atom stereocenters. The van der Waals surface area contributed by atoms with Crippen molar-refractivity contribution in [1.29, 1.82) is 0 Å². The van der Waals surface area contributed by atoms with Crippen molar-refractivity contribution in [1.82, 2.24) is 5.32 Å². The van der Waals surface area contributed by atoms with Crippen molar-refractivity contribution in [2.45, 2.75) is 63.3 Å². The van der Waals surface area contributed by atoms with Gasteiger partial charge in [-0.05, 0) is 32.6 Å². The Morgan fingerprint density at radius 1 is 1.29 bits per heavy atom. The number of thioether (sulfide) groups is 1. The van der Waals surface area contributed by atoms with Crippen molar-refractivity contribution >= 4 is 11.8 Å². The minimum Gasteiger partial charge on any atom is -0.309 e. The first-order chi connectivity index (χ1) is 6.58. The van der Waals surface area contributed by atoms with E-state index < -0.39 is 0 Å². The first kappa shape index (κ1) is 10.8. The van der Waals surface area contributed by atoms with E-state index >= 15 is 0 Å². The van der Waals surface area contributed by atoms with Gasteiger partial charge in [0.25, 0.3) is 0 Å². The highest BCUT2D eigenvalue weighted by Crippen LogP contribution is 2.40. The Morgan fingerprint density at radius 3 is 2.57 bits per heavy atom. The summed E-state index contributed by atoms with van der Waals surface area (Å²) in [4.78, 5) is 0. The van der Waals surface area contributed by atoms with Crippen LogP contribution in [0.15, 0.2) is 0 Å². The highest BCUT2D eigenvalue weighted by atomic mass is 32.2. The maximum Gasteiger partial charge on any atom is 0.0302 e. The standard InChI is InChI=1S/C12H23NS/c1-9-5-4-6-10(7-9)13-11-8-14-12(11,2)3/h9-11,13H,4-8H2,1-3H3. The van der Waals surface area contributed by atoms with E-state index in [2.05, 4.69) is 37.8 Å². The second-order valence-electron chi connectivity index (χ2n) is 5.60. The predicted molar refractivity (Wildman–Crippen MR) is 64.9 cm³/mol. The molecule has 3 atom stereocenters. The van der Waals surface area contributed by atoms with Gasteiger partial charge in [0.1, 0.15) is 0 Å². The van der Waals surface area contributed by atoms with Gasteiger partial charge in [-0.25, -0.2) is 0 Å². The lowest BCUT2D eigenvalue weighted by Gasteiger charge is -2.46. The molecule has 82 valence electrons. The van der Waals surface area contributed by atoms with E-state index in [-0.39, 0.29) is 0 Å². The van der Waals surface area contributed by atoms with Crippen molar-refractivity contribution in [3.8, 4) is 0 Å². The summed E-state index contributed by atoms with van der Waals surface area (Å²) in [5.41, 5.74) is 0. The van der Waals surface area contributed by atoms with Crippen LogP contribution in [0.5, 0.6) is 0 Å². The Labute approximate surface area is 92.4 Å². The molecule has 1 aliphatic heterocycles. The monoisotopic (exact) mass is 213 g/mol. The molecule has 1 N–H and O–H groups in total. The molecule has 2 rings (SSSR count). The van der Waals surface area contributed by atoms with Gasteiger partial charge >= 0.3 is 0 Å². The lowest BCUT2D eigenvalue weighted by atomic mass is 9.86. The first-order valence-electron chi connectivity index (χ1n) is 5.98. The van der Waals surface area contributed by atoms with Crippen molar-refractivity contribution in [2.75, 3.05) is 5.75 Å². The summed E-state index contributed by atoms with van der Waals surface area (Å²) in [6.45, 7) is 7.13. The summed E-state index contributed by atoms with van der Waals surface area (Å²) in [7, 11) is 0. The molecule has 0 bridgehead atoms. The quantitative estimate of drug-likeness (QED) is 0.756. The van der Waals surface area contributed by atoms with E-state index in [1.807, 2.05) is 0 Å². The molecule has 2 heteroatoms. The summed E-state index contributed by atoms with van der Waals surface area (Å²) < 4.78 is 0.487. The van der Waals surface area contributed by atoms with E-state index in [4.69, 9.17) is 0 Å². The molecule has 0 spiro atoms. The predicted octanol–water partition coefficient (Wildman–Crippen LogP) is 3.05. The van der Waals surface area contributed by atoms with Crippen LogP contribution in [0.3, 0.4) is 0 Å². The molecule has 0 amide bonds. The van der Waals surface area contributed by atoms with Crippen LogP contribution in [0.2, 0.25) is 0 Å². The van der Waals surface area contributed by atoms with Gasteiger partial charge in [0.15, 0.2) is 0 Å². The largest absolute Gasteiger partial charge is 0.309 e. The highest BCUT2D eigenvalue weighted by Gasteiger charge is 2.40. The molecule has 2 aliphatic rings. The van der Waals surface area contributed by atoms with Crippen LogP contribution >= 0.6 is 11.8 Å². The number of hydrogen-bond donors (Lipinski definition) is 1. The summed E-state index contributed by atoms with van der Waals surface area (Å²) in [6.07, 6.45) is 5.68. The van der Waals surface area contributed by atoms with Crippen molar-refractivity contribution in [3.63, 3.8) is 0 Å². The summed E-state index contributed by atoms with van der Waals surface area (Å²) in [5.74, 6) is 2.26. The Bertz CT molecular complexity index is 202. The lowest BCUT2D eigenvalue weighted by molar-refractivity contribution is 0.267. The van der Waals surface area contributed by atoms with E-state index in [9.17, 15) is 0 Å². The summed E-state index contributed by atoms with van der Waals surface area (Å²) in [5, 5.41) is 3.86. The Balaban J connectivity index is 1.79. The van der Waals surface area contributed by atoms with Crippen LogP contribution in [0.1, 0.15) is 46.5 Å². The molecule has 0 aromatic carbocycles. The zero-order valence-electron chi connectivity index (χ0n) is 9.68. The van der Waals surface area contributed by atoms with Crippen LogP contribution < -0.4 is 5.32 Å². The minimum absolute atomic E-state index is 0.487. The maximum atomic E-state index is 3.86. The van der Waals surface area contributed by atoms with Gasteiger partial charge < -0.3 is 5.32 Å². The van der Waals surface area contributed by atoms with Crippen LogP contribution in [0.25, 0.3) is 0 Å². The minimum atomic E-state index is 0.487. The normalized spacial score (nSPS) is 41.8. The second kappa shape index (κ2) is 4.05. The Kier molecular flexibility index (Phi) is 3.13. The van der Waals surface area contributed by atoms with Gasteiger partial charge in [0.05, 0.1) is 0 Å². The summed E-state index contributed by atoms with van der Waals surface area (Å²) in [6, 6.07) is 1.58. The molecule has 0 aromatic heterocycles. The fourth-order valence-electron chi connectivity index (χ4n) is 2.62. The molecule has 0 radical (unpaired) electrons. The third-order valence-electron chi connectivity index (χ3n) is 3.83. The number of rotatable bonds is 2. The lowest BCUT2D eigenvalue weighted by Crippen LogP contribution is -2.58. The highest BCUT2D eigenvalue weighted by molar-refractivity contribution is 8.02. The third-order valence-corrected chi connectivity index (χ3v) is 5.36. The summed E-state index contributed by atoms with van der Waals surface area (Å²) >= 11 is 2.10. The fourth-order valence-corrected chi connectivity index (χ4v) is 3.78. The zero-order chi connectivity index (χ0) is 10.2. The second-order valence-corrected chi connectivity index (χ2v) is 7.28. The van der Waals surface area contributed by atoms with Gasteiger partial charge in [-0.2, -0.15) is 11.8 Å². The first-order valence-corrected chi connectivity index (χ1v) is 6.96. The third kappa shape index (κ3) is 2.27. The smallest absolute Gasteiger partial charge is 0.0302 e. The molecule has 1 aliphatic carbocycles. The average molecular weight is 213 g/mol. The maximum absolute atomic E-state index is 3.86. The molecule has 1 nitrogen and oxygen atoms in total. The molecule has 0 aromatic rings. The van der Waals surface area contributed by atoms with Crippen LogP contribution in [-0.4, -0.2) is 22.6 Å². The molecule has 1 heterocycles. The van der Waals surface area contributed by atoms with E-state index in [0.717, 1.165) is 18.0 Å². The van der Waals surface area contributed by atoms with Crippen LogP contribution in [-0.2, 0) is 0 Å². The molecule has 14 heavy (non-hydrogen) atoms. The van der Waals surface area contributed by atoms with Crippen LogP contribution in [0.4, 0.5) is 0 Å². The van der Waals surface area contributed by atoms with Crippen molar-refractivity contribution < 1.29 is 0 Å². The fraction of sp³-hybridized carbons (Fsp3) is 1.00. The SMILES string of the molecule is CC1CCCC(NC2CSC2(C)C)C1. The van der Waals surface area contributed by atoms with Gasteiger partial charge in [0, 0.05) is 22.6 Å². The Morgan fingerprint density at radius 2 is 2.07 bits per heavy atom. The van der Waals surface area contributed by atoms with Gasteiger partial charge in [-0.3, -0.25) is 0 Å². The topological polar surface area (TPSA) is 12.0 Å². The van der Waals surface area contributed by atoms with Crippen molar-refractivity contribution in [2.24, 2.45) is 5.92 Å². The molecule has 1 saturated carbocycles. The molecular formula is C12H23NS. The Hall–Kier alpha value is 0.310. The molecular weight excluding hydrogens is 190 g/mol. The van der Waals surface area contributed by atoms with E-state index in [1.54, 1.807) is 0 Å².